The van der Waals surface area contributed by atoms with Crippen LogP contribution in [0.3, 0.4) is 0 Å². The monoisotopic (exact) mass is 176 g/mol. The summed E-state index contributed by atoms with van der Waals surface area (Å²) in [5.74, 6) is 1.09. The van der Waals surface area contributed by atoms with Crippen molar-refractivity contribution in [1.82, 2.24) is 0 Å². The first kappa shape index (κ1) is 10.8. The van der Waals surface area contributed by atoms with Gasteiger partial charge in [0, 0.05) is 0 Å². The number of halogens is 1. The van der Waals surface area contributed by atoms with Crippen LogP contribution in [0.4, 0.5) is 0 Å². The maximum absolute atomic E-state index is 5.47. The van der Waals surface area contributed by atoms with Gasteiger partial charge >= 0.3 is 0 Å². The SMILES string of the molecule is C=C(CCl)OCCCCCC. The number of allylic oxidation sites excluding steroid dienone is 1. The number of rotatable bonds is 7. The third-order valence-electron chi connectivity index (χ3n) is 1.45. The average Bonchev–Trinajstić information content (AvgIpc) is 2.04. The molecule has 0 fully saturated rings. The second kappa shape index (κ2) is 7.93. The summed E-state index contributed by atoms with van der Waals surface area (Å²) in [6.45, 7) is 6.60. The third kappa shape index (κ3) is 7.73. The molecule has 1 nitrogen and oxygen atoms in total. The highest BCUT2D eigenvalue weighted by Gasteiger charge is 1.91. The minimum Gasteiger partial charge on any atom is -0.497 e. The first-order chi connectivity index (χ1) is 5.31. The Morgan fingerprint density at radius 2 is 2.09 bits per heavy atom. The van der Waals surface area contributed by atoms with Crippen molar-refractivity contribution in [1.29, 1.82) is 0 Å². The van der Waals surface area contributed by atoms with E-state index in [0.717, 1.165) is 13.0 Å². The normalized spacial score (nSPS) is 9.64. The van der Waals surface area contributed by atoms with E-state index < -0.39 is 0 Å². The Balaban J connectivity index is 2.95. The molecular formula is C9H17ClO. The fourth-order valence-electron chi connectivity index (χ4n) is 0.784. The Hall–Kier alpha value is -0.170. The molecule has 0 aromatic rings. The summed E-state index contributed by atoms with van der Waals surface area (Å²) in [5, 5.41) is 0. The van der Waals surface area contributed by atoms with Crippen LogP contribution >= 0.6 is 11.6 Å². The van der Waals surface area contributed by atoms with E-state index in [1.54, 1.807) is 0 Å². The molecule has 0 aliphatic carbocycles. The molecule has 0 saturated carbocycles. The Kier molecular flexibility index (Phi) is 7.81. The number of ether oxygens (including phenoxy) is 1. The van der Waals surface area contributed by atoms with Crippen LogP contribution in [0, 0.1) is 0 Å². The van der Waals surface area contributed by atoms with Gasteiger partial charge in [-0.15, -0.1) is 11.6 Å². The van der Waals surface area contributed by atoms with E-state index >= 15 is 0 Å². The fourth-order valence-corrected chi connectivity index (χ4v) is 0.861. The van der Waals surface area contributed by atoms with Crippen LogP contribution in [-0.2, 0) is 4.74 Å². The Morgan fingerprint density at radius 3 is 2.64 bits per heavy atom. The van der Waals surface area contributed by atoms with E-state index in [1.165, 1.54) is 19.3 Å². The smallest absolute Gasteiger partial charge is 0.104 e. The topological polar surface area (TPSA) is 9.23 Å². The molecular weight excluding hydrogens is 160 g/mol. The molecule has 0 heterocycles. The van der Waals surface area contributed by atoms with Crippen LogP contribution in [0.15, 0.2) is 12.3 Å². The van der Waals surface area contributed by atoms with Gasteiger partial charge in [0.15, 0.2) is 0 Å². The molecule has 0 rings (SSSR count). The molecule has 11 heavy (non-hydrogen) atoms. The fraction of sp³-hybridized carbons (Fsp3) is 0.778. The Bertz CT molecular complexity index is 102. The van der Waals surface area contributed by atoms with Crippen LogP contribution in [0.1, 0.15) is 32.6 Å². The molecule has 0 amide bonds. The molecule has 0 N–H and O–H groups in total. The van der Waals surface area contributed by atoms with Crippen LogP contribution in [0.25, 0.3) is 0 Å². The van der Waals surface area contributed by atoms with Gasteiger partial charge in [-0.05, 0) is 6.42 Å². The van der Waals surface area contributed by atoms with Gasteiger partial charge < -0.3 is 4.74 Å². The molecule has 0 aliphatic rings. The van der Waals surface area contributed by atoms with Gasteiger partial charge in [0.05, 0.1) is 12.5 Å². The standard InChI is InChI=1S/C9H17ClO/c1-3-4-5-6-7-11-9(2)8-10/h2-8H2,1H3. The molecule has 0 atom stereocenters. The van der Waals surface area contributed by atoms with Crippen molar-refractivity contribution in [2.45, 2.75) is 32.6 Å². The molecule has 0 spiro atoms. The summed E-state index contributed by atoms with van der Waals surface area (Å²) in [6.07, 6.45) is 4.91. The summed E-state index contributed by atoms with van der Waals surface area (Å²) >= 11 is 5.47. The largest absolute Gasteiger partial charge is 0.497 e. The van der Waals surface area contributed by atoms with Crippen molar-refractivity contribution in [3.63, 3.8) is 0 Å². The Labute approximate surface area is 74.4 Å². The zero-order chi connectivity index (χ0) is 8.53. The van der Waals surface area contributed by atoms with E-state index in [9.17, 15) is 0 Å². The maximum Gasteiger partial charge on any atom is 0.104 e. The molecule has 0 saturated heterocycles. The molecule has 0 aromatic heterocycles. The number of alkyl halides is 1. The van der Waals surface area contributed by atoms with Gasteiger partial charge in [0.1, 0.15) is 5.76 Å². The molecule has 0 aliphatic heterocycles. The van der Waals surface area contributed by atoms with Crippen molar-refractivity contribution in [3.8, 4) is 0 Å². The highest BCUT2D eigenvalue weighted by molar-refractivity contribution is 6.19. The first-order valence-corrected chi connectivity index (χ1v) is 4.71. The molecule has 66 valence electrons. The predicted molar refractivity (Wildman–Crippen MR) is 50.0 cm³/mol. The number of hydrogen-bond donors (Lipinski definition) is 0. The van der Waals surface area contributed by atoms with Crippen LogP contribution < -0.4 is 0 Å². The van der Waals surface area contributed by atoms with Gasteiger partial charge in [0.25, 0.3) is 0 Å². The highest BCUT2D eigenvalue weighted by Crippen LogP contribution is 2.02. The van der Waals surface area contributed by atoms with Gasteiger partial charge in [0.2, 0.25) is 0 Å². The van der Waals surface area contributed by atoms with Crippen LogP contribution in [0.2, 0.25) is 0 Å². The van der Waals surface area contributed by atoms with E-state index in [2.05, 4.69) is 13.5 Å². The highest BCUT2D eigenvalue weighted by atomic mass is 35.5. The lowest BCUT2D eigenvalue weighted by atomic mass is 10.2. The van der Waals surface area contributed by atoms with Gasteiger partial charge in [-0.3, -0.25) is 0 Å². The summed E-state index contributed by atoms with van der Waals surface area (Å²) < 4.78 is 5.21. The average molecular weight is 177 g/mol. The summed E-state index contributed by atoms with van der Waals surface area (Å²) in [4.78, 5) is 0. The van der Waals surface area contributed by atoms with Crippen molar-refractivity contribution in [2.24, 2.45) is 0 Å². The van der Waals surface area contributed by atoms with E-state index in [0.29, 0.717) is 11.6 Å². The molecule has 0 radical (unpaired) electrons. The maximum atomic E-state index is 5.47. The second-order valence-electron chi connectivity index (χ2n) is 2.58. The van der Waals surface area contributed by atoms with Gasteiger partial charge in [-0.1, -0.05) is 32.8 Å². The number of hydrogen-bond acceptors (Lipinski definition) is 1. The van der Waals surface area contributed by atoms with E-state index in [1.807, 2.05) is 0 Å². The van der Waals surface area contributed by atoms with Gasteiger partial charge in [-0.25, -0.2) is 0 Å². The Morgan fingerprint density at radius 1 is 1.36 bits per heavy atom. The van der Waals surface area contributed by atoms with Crippen molar-refractivity contribution < 1.29 is 4.74 Å². The van der Waals surface area contributed by atoms with Gasteiger partial charge in [-0.2, -0.15) is 0 Å². The summed E-state index contributed by atoms with van der Waals surface area (Å²) in [5.41, 5.74) is 0. The molecule has 0 aromatic carbocycles. The minimum absolute atomic E-state index is 0.410. The third-order valence-corrected chi connectivity index (χ3v) is 1.75. The lowest BCUT2D eigenvalue weighted by Crippen LogP contribution is -1.94. The van der Waals surface area contributed by atoms with Crippen molar-refractivity contribution in [3.05, 3.63) is 12.3 Å². The van der Waals surface area contributed by atoms with Crippen LogP contribution in [-0.4, -0.2) is 12.5 Å². The first-order valence-electron chi connectivity index (χ1n) is 4.17. The van der Waals surface area contributed by atoms with Crippen molar-refractivity contribution in [2.75, 3.05) is 12.5 Å². The lowest BCUT2D eigenvalue weighted by molar-refractivity contribution is 0.209. The molecule has 0 unspecified atom stereocenters. The molecule has 2 heteroatoms. The molecule has 0 bridgehead atoms. The van der Waals surface area contributed by atoms with Crippen molar-refractivity contribution >= 4 is 11.6 Å². The quantitative estimate of drug-likeness (QED) is 0.329. The van der Waals surface area contributed by atoms with E-state index in [-0.39, 0.29) is 0 Å². The number of unbranched alkanes of at least 4 members (excludes halogenated alkanes) is 3. The zero-order valence-corrected chi connectivity index (χ0v) is 7.99. The van der Waals surface area contributed by atoms with Crippen LogP contribution in [0.5, 0.6) is 0 Å². The summed E-state index contributed by atoms with van der Waals surface area (Å²) in [7, 11) is 0. The predicted octanol–water partition coefficient (Wildman–Crippen LogP) is 3.34. The lowest BCUT2D eigenvalue weighted by Gasteiger charge is -2.04. The second-order valence-corrected chi connectivity index (χ2v) is 2.85. The van der Waals surface area contributed by atoms with E-state index in [4.69, 9.17) is 16.3 Å². The zero-order valence-electron chi connectivity index (χ0n) is 7.24. The minimum atomic E-state index is 0.410. The summed E-state index contributed by atoms with van der Waals surface area (Å²) in [6, 6.07) is 0.